The van der Waals surface area contributed by atoms with Crippen molar-refractivity contribution in [3.05, 3.63) is 83.1 Å². The van der Waals surface area contributed by atoms with Crippen molar-refractivity contribution in [1.82, 2.24) is 0 Å². The number of halogens is 2. The van der Waals surface area contributed by atoms with Gasteiger partial charge in [0.05, 0.1) is 26.9 Å². The molecule has 33 heavy (non-hydrogen) atoms. The summed E-state index contributed by atoms with van der Waals surface area (Å²) in [6.07, 6.45) is 0. The fourth-order valence-electron chi connectivity index (χ4n) is 3.64. The summed E-state index contributed by atoms with van der Waals surface area (Å²) in [5, 5.41) is 2.42. The fraction of sp³-hybridized carbons (Fsp3) is 0.130. The molecular formula is C23H19ClFN3O4S. The number of rotatable bonds is 5. The second-order valence-corrected chi connectivity index (χ2v) is 9.49. The van der Waals surface area contributed by atoms with Gasteiger partial charge < -0.3 is 5.32 Å². The number of hydrogen-bond acceptors (Lipinski definition) is 4. The predicted molar refractivity (Wildman–Crippen MR) is 125 cm³/mol. The van der Waals surface area contributed by atoms with Gasteiger partial charge in [0.1, 0.15) is 18.0 Å². The predicted octanol–water partition coefficient (Wildman–Crippen LogP) is 4.29. The maximum atomic E-state index is 14.2. The van der Waals surface area contributed by atoms with E-state index in [1.54, 1.807) is 37.3 Å². The first-order chi connectivity index (χ1) is 15.7. The van der Waals surface area contributed by atoms with Crippen molar-refractivity contribution in [2.45, 2.75) is 11.8 Å². The Morgan fingerprint density at radius 3 is 2.55 bits per heavy atom. The number of fused-ring (bicyclic) bond motifs is 1. The molecule has 1 N–H and O–H groups in total. The molecule has 0 saturated heterocycles. The molecule has 170 valence electrons. The second-order valence-electron chi connectivity index (χ2n) is 7.22. The van der Waals surface area contributed by atoms with Crippen LogP contribution in [-0.4, -0.2) is 33.3 Å². The van der Waals surface area contributed by atoms with Gasteiger partial charge >= 0.3 is 0 Å². The number of sulfonamides is 1. The highest BCUT2D eigenvalue weighted by Gasteiger charge is 2.32. The van der Waals surface area contributed by atoms with E-state index >= 15 is 0 Å². The van der Waals surface area contributed by atoms with Gasteiger partial charge in [-0.3, -0.25) is 18.8 Å². The van der Waals surface area contributed by atoms with Gasteiger partial charge in [0.2, 0.25) is 5.91 Å². The molecule has 0 aliphatic carbocycles. The average Bonchev–Trinajstić information content (AvgIpc) is 2.80. The van der Waals surface area contributed by atoms with Crippen molar-refractivity contribution < 1.29 is 22.4 Å². The Labute approximate surface area is 195 Å². The van der Waals surface area contributed by atoms with E-state index in [0.717, 1.165) is 11.0 Å². The Balaban J connectivity index is 1.77. The van der Waals surface area contributed by atoms with Crippen molar-refractivity contribution in [3.8, 4) is 0 Å². The minimum absolute atomic E-state index is 0.00523. The zero-order chi connectivity index (χ0) is 23.8. The molecule has 0 aromatic heterocycles. The molecule has 0 bridgehead atoms. The van der Waals surface area contributed by atoms with Crippen molar-refractivity contribution in [2.24, 2.45) is 0 Å². The highest BCUT2D eigenvalue weighted by molar-refractivity contribution is 7.92. The number of carbonyl (C=O) groups excluding carboxylic acids is 2. The summed E-state index contributed by atoms with van der Waals surface area (Å²) in [4.78, 5) is 26.4. The summed E-state index contributed by atoms with van der Waals surface area (Å²) in [5.41, 5.74) is 0.387. The first-order valence-electron chi connectivity index (χ1n) is 10.0. The normalized spacial score (nSPS) is 13.3. The molecule has 0 atom stereocenters. The third kappa shape index (κ3) is 4.17. The number of hydrogen-bond donors (Lipinski definition) is 1. The number of carbonyl (C=O) groups is 2. The third-order valence-corrected chi connectivity index (χ3v) is 7.41. The number of benzene rings is 3. The first-order valence-corrected chi connectivity index (χ1v) is 11.8. The lowest BCUT2D eigenvalue weighted by Crippen LogP contribution is -2.42. The van der Waals surface area contributed by atoms with E-state index in [1.165, 1.54) is 34.6 Å². The van der Waals surface area contributed by atoms with E-state index in [2.05, 4.69) is 5.32 Å². The van der Waals surface area contributed by atoms with Crippen LogP contribution in [0.15, 0.2) is 71.6 Å². The molecule has 4 rings (SSSR count). The third-order valence-electron chi connectivity index (χ3n) is 5.18. The largest absolute Gasteiger partial charge is 0.320 e. The molecule has 0 spiro atoms. The monoisotopic (exact) mass is 487 g/mol. The quantitative estimate of drug-likeness (QED) is 0.581. The Morgan fingerprint density at radius 2 is 1.85 bits per heavy atom. The van der Waals surface area contributed by atoms with E-state index in [1.807, 2.05) is 0 Å². The minimum Gasteiger partial charge on any atom is -0.320 e. The Hall–Kier alpha value is -3.43. The smallest absolute Gasteiger partial charge is 0.264 e. The van der Waals surface area contributed by atoms with Crippen molar-refractivity contribution in [2.75, 3.05) is 27.6 Å². The summed E-state index contributed by atoms with van der Waals surface area (Å²) in [7, 11) is -4.02. The van der Waals surface area contributed by atoms with Gasteiger partial charge in [-0.05, 0) is 49.4 Å². The minimum atomic E-state index is -4.02. The van der Waals surface area contributed by atoms with Crippen molar-refractivity contribution in [1.29, 1.82) is 0 Å². The zero-order valence-corrected chi connectivity index (χ0v) is 19.0. The van der Waals surface area contributed by atoms with E-state index < -0.39 is 27.7 Å². The number of nitrogens with one attached hydrogen (secondary N) is 1. The van der Waals surface area contributed by atoms with E-state index in [9.17, 15) is 22.4 Å². The number of para-hydroxylation sites is 2. The van der Waals surface area contributed by atoms with Gasteiger partial charge in [-0.25, -0.2) is 12.8 Å². The number of nitrogens with zero attached hydrogens (tertiary/aromatic N) is 2. The maximum absolute atomic E-state index is 14.2. The van der Waals surface area contributed by atoms with Gasteiger partial charge in [-0.2, -0.15) is 0 Å². The molecule has 0 saturated carbocycles. The van der Waals surface area contributed by atoms with Crippen LogP contribution in [0.3, 0.4) is 0 Å². The van der Waals surface area contributed by atoms with Crippen LogP contribution in [0.25, 0.3) is 0 Å². The summed E-state index contributed by atoms with van der Waals surface area (Å²) in [5.74, 6) is -1.99. The standard InChI is InChI=1S/C23H19ClFN3O4S/c1-2-28(15-7-4-3-5-8-15)33(31,32)16-11-12-18(24)17(13-16)23(30)27-14-21(29)26-22-19(25)9-6-10-20(22)27/h3-13H,2,14H2,1H3,(H,26,29). The molecule has 2 amide bonds. The Bertz CT molecular complexity index is 1350. The van der Waals surface area contributed by atoms with Gasteiger partial charge in [-0.15, -0.1) is 0 Å². The average molecular weight is 488 g/mol. The van der Waals surface area contributed by atoms with Crippen molar-refractivity contribution in [3.63, 3.8) is 0 Å². The lowest BCUT2D eigenvalue weighted by molar-refractivity contribution is -0.115. The van der Waals surface area contributed by atoms with Crippen LogP contribution >= 0.6 is 11.6 Å². The number of anilines is 3. The van der Waals surface area contributed by atoms with Gasteiger partial charge in [-0.1, -0.05) is 35.9 Å². The molecular weight excluding hydrogens is 469 g/mol. The lowest BCUT2D eigenvalue weighted by atomic mass is 10.1. The molecule has 10 heteroatoms. The summed E-state index contributed by atoms with van der Waals surface area (Å²) < 4.78 is 42.2. The van der Waals surface area contributed by atoms with Crippen LogP contribution in [-0.2, 0) is 14.8 Å². The molecule has 3 aromatic carbocycles. The molecule has 7 nitrogen and oxygen atoms in total. The SMILES string of the molecule is CCN(c1ccccc1)S(=O)(=O)c1ccc(Cl)c(C(=O)N2CC(=O)Nc3c(F)cccc32)c1. The van der Waals surface area contributed by atoms with Crippen LogP contribution in [0.5, 0.6) is 0 Å². The topological polar surface area (TPSA) is 86.8 Å². The molecule has 0 radical (unpaired) electrons. The highest BCUT2D eigenvalue weighted by Crippen LogP contribution is 2.34. The second kappa shape index (κ2) is 8.84. The van der Waals surface area contributed by atoms with Crippen molar-refractivity contribution >= 4 is 50.5 Å². The van der Waals surface area contributed by atoms with Crippen LogP contribution in [0.1, 0.15) is 17.3 Å². The van der Waals surface area contributed by atoms with Crippen LogP contribution in [0.4, 0.5) is 21.5 Å². The Kier molecular flexibility index (Phi) is 6.09. The Morgan fingerprint density at radius 1 is 1.12 bits per heavy atom. The summed E-state index contributed by atoms with van der Waals surface area (Å²) in [6, 6.07) is 16.4. The molecule has 1 aliphatic rings. The van der Waals surface area contributed by atoms with Gasteiger partial charge in [0.15, 0.2) is 0 Å². The fourth-order valence-corrected chi connectivity index (χ4v) is 5.34. The van der Waals surface area contributed by atoms with Crippen LogP contribution in [0, 0.1) is 5.82 Å². The van der Waals surface area contributed by atoms with E-state index in [4.69, 9.17) is 11.6 Å². The van der Waals surface area contributed by atoms with Crippen LogP contribution < -0.4 is 14.5 Å². The zero-order valence-electron chi connectivity index (χ0n) is 17.5. The van der Waals surface area contributed by atoms with Gasteiger partial charge in [0, 0.05) is 6.54 Å². The van der Waals surface area contributed by atoms with Crippen LogP contribution in [0.2, 0.25) is 5.02 Å². The molecule has 3 aromatic rings. The molecule has 1 aliphatic heterocycles. The number of amides is 2. The maximum Gasteiger partial charge on any atom is 0.264 e. The molecule has 0 unspecified atom stereocenters. The highest BCUT2D eigenvalue weighted by atomic mass is 35.5. The molecule has 0 fully saturated rings. The summed E-state index contributed by atoms with van der Waals surface area (Å²) in [6.45, 7) is 1.50. The lowest BCUT2D eigenvalue weighted by Gasteiger charge is -2.30. The van der Waals surface area contributed by atoms with E-state index in [-0.39, 0.29) is 39.9 Å². The van der Waals surface area contributed by atoms with E-state index in [0.29, 0.717) is 5.69 Å². The summed E-state index contributed by atoms with van der Waals surface area (Å²) >= 11 is 6.26. The first kappa shape index (κ1) is 22.8. The van der Waals surface area contributed by atoms with Gasteiger partial charge in [0.25, 0.3) is 15.9 Å². The molecule has 1 heterocycles.